The van der Waals surface area contributed by atoms with Gasteiger partial charge in [-0.05, 0) is 0 Å². The van der Waals surface area contributed by atoms with E-state index in [1.165, 1.54) is 0 Å². The van der Waals surface area contributed by atoms with Gasteiger partial charge in [0, 0.05) is 0 Å². The third-order valence-corrected chi connectivity index (χ3v) is 0. The van der Waals surface area contributed by atoms with Gasteiger partial charge in [-0.25, -0.2) is 0 Å². The van der Waals surface area contributed by atoms with Crippen LogP contribution in [0.25, 0.3) is 0 Å². The first-order valence-corrected chi connectivity index (χ1v) is 2.16. The second-order valence-corrected chi connectivity index (χ2v) is 2.23. The molecule has 6 heavy (non-hydrogen) atoms. The van der Waals surface area contributed by atoms with Gasteiger partial charge in [-0.1, -0.05) is 34.8 Å². The zero-order valence-electron chi connectivity index (χ0n) is 2.61. The summed E-state index contributed by atoms with van der Waals surface area (Å²) in [6.45, 7) is 0. The number of alkyl halides is 3. The topological polar surface area (TPSA) is 40.5 Å². The van der Waals surface area contributed by atoms with Gasteiger partial charge in [0.05, 0.1) is 0 Å². The molecule has 0 bridgehead atoms. The first-order valence-electron chi connectivity index (χ1n) is 0.855. The summed E-state index contributed by atoms with van der Waals surface area (Å²) < 4.78 is -0.750. The average molecular weight is 153 g/mol. The highest BCUT2D eigenvalue weighted by molar-refractivity contribution is 6.63. The maximum atomic E-state index is 6.00. The lowest BCUT2D eigenvalue weighted by molar-refractivity contribution is -0.176. The number of hydrogen-bond donors (Lipinski definition) is 2. The Hall–Kier alpha value is 0.790. The fraction of sp³-hybridized carbons (Fsp3) is 1.00. The Balaban J connectivity index is 0. The molecule has 0 radical (unpaired) electrons. The maximum absolute atomic E-state index is 6.00. The molecule has 0 unspecified atom stereocenters. The summed E-state index contributed by atoms with van der Waals surface area (Å²) in [6, 6.07) is 0. The molecular weight excluding hydrogens is 150 g/mol. The molecule has 0 spiro atoms. The van der Waals surface area contributed by atoms with Crippen molar-refractivity contribution in [2.45, 2.75) is 4.30 Å². The maximum Gasteiger partial charge on any atom is 0.180 e. The third-order valence-electron chi connectivity index (χ3n) is 0. The van der Waals surface area contributed by atoms with Crippen molar-refractivity contribution in [2.24, 2.45) is 0 Å². The molecule has 0 saturated heterocycles. The average Bonchev–Trinajstić information content (AvgIpc) is 1.41. The zero-order chi connectivity index (χ0) is 5.58. The van der Waals surface area contributed by atoms with Crippen LogP contribution in [-0.2, 0) is 0 Å². The van der Waals surface area contributed by atoms with Crippen LogP contribution < -0.4 is 0 Å². The second kappa shape index (κ2) is 9.25. The lowest BCUT2D eigenvalue weighted by Crippen LogP contribution is -1.55. The fourth-order valence-corrected chi connectivity index (χ4v) is 0. The summed E-state index contributed by atoms with van der Waals surface area (Å²) in [7, 11) is 0. The molecule has 0 aromatic carbocycles. The van der Waals surface area contributed by atoms with Crippen LogP contribution in [0.5, 0.6) is 0 Å². The smallest absolute Gasteiger partial charge is 0.180 e. The van der Waals surface area contributed by atoms with Crippen molar-refractivity contribution in [3.8, 4) is 0 Å². The minimum atomic E-state index is -0.750. The fourth-order valence-electron chi connectivity index (χ4n) is 0. The molecule has 0 aliphatic rings. The van der Waals surface area contributed by atoms with Crippen LogP contribution in [0.4, 0.5) is 0 Å². The van der Waals surface area contributed by atoms with Crippen molar-refractivity contribution in [2.75, 3.05) is 0 Å². The van der Waals surface area contributed by atoms with E-state index in [4.69, 9.17) is 45.3 Å². The monoisotopic (exact) mass is 152 g/mol. The summed E-state index contributed by atoms with van der Waals surface area (Å²) in [5.74, 6) is 0. The molecule has 0 aromatic rings. The van der Waals surface area contributed by atoms with Gasteiger partial charge in [0.2, 0.25) is 0 Å². The summed E-state index contributed by atoms with van der Waals surface area (Å²) in [5.41, 5.74) is 0. The minimum absolute atomic E-state index is 0.750. The molecule has 0 rings (SSSR count). The molecule has 0 aliphatic heterocycles. The van der Waals surface area contributed by atoms with Gasteiger partial charge in [-0.2, -0.15) is 0 Å². The van der Waals surface area contributed by atoms with E-state index in [2.05, 4.69) is 0 Å². The highest BCUT2D eigenvalue weighted by atomic mass is 35.6. The first kappa shape index (κ1) is 9.92. The van der Waals surface area contributed by atoms with Crippen molar-refractivity contribution in [1.29, 1.82) is 0 Å². The van der Waals surface area contributed by atoms with Crippen molar-refractivity contribution in [1.82, 2.24) is 0 Å². The highest BCUT2D eigenvalue weighted by Crippen LogP contribution is 2.03. The summed E-state index contributed by atoms with van der Waals surface area (Å²) in [6.07, 6.45) is 0. The van der Waals surface area contributed by atoms with Crippen LogP contribution in [0, 0.1) is 0 Å². The van der Waals surface area contributed by atoms with Gasteiger partial charge in [-0.3, -0.25) is 10.5 Å². The van der Waals surface area contributed by atoms with E-state index in [9.17, 15) is 0 Å². The second-order valence-electron chi connectivity index (χ2n) is 0.247. The molecule has 0 atom stereocenters. The van der Waals surface area contributed by atoms with Crippen LogP contribution in [0.15, 0.2) is 0 Å². The third kappa shape index (κ3) is 110. The van der Waals surface area contributed by atoms with Crippen molar-refractivity contribution < 1.29 is 10.5 Å². The van der Waals surface area contributed by atoms with Gasteiger partial charge in [0.25, 0.3) is 0 Å². The lowest BCUT2D eigenvalue weighted by atomic mass is 11.9. The molecule has 0 saturated carbocycles. The Kier molecular flexibility index (Phi) is 15.3. The highest BCUT2D eigenvalue weighted by Gasteiger charge is 1.78. The molecule has 5 heteroatoms. The zero-order valence-corrected chi connectivity index (χ0v) is 4.87. The summed E-state index contributed by atoms with van der Waals surface area (Å²) in [5, 5.41) is 12.0. The van der Waals surface area contributed by atoms with Crippen molar-refractivity contribution >= 4 is 34.8 Å². The number of rotatable bonds is 0. The molecule has 2 N–H and O–H groups in total. The molecule has 2 nitrogen and oxygen atoms in total. The lowest BCUT2D eigenvalue weighted by Gasteiger charge is -1.69. The van der Waals surface area contributed by atoms with Gasteiger partial charge < -0.3 is 0 Å². The SMILES string of the molecule is ClC(Cl)Cl.OO. The van der Waals surface area contributed by atoms with E-state index in [-0.39, 0.29) is 0 Å². The van der Waals surface area contributed by atoms with E-state index in [0.717, 1.165) is 0 Å². The summed E-state index contributed by atoms with van der Waals surface area (Å²) >= 11 is 14.4. The van der Waals surface area contributed by atoms with Crippen LogP contribution in [0.3, 0.4) is 0 Å². The predicted molar refractivity (Wildman–Crippen MR) is 26.6 cm³/mol. The van der Waals surface area contributed by atoms with E-state index >= 15 is 0 Å². The van der Waals surface area contributed by atoms with E-state index in [0.29, 0.717) is 0 Å². The molecule has 0 aliphatic carbocycles. The Morgan fingerprint density at radius 2 is 1.00 bits per heavy atom. The normalized spacial score (nSPS) is 7.00. The molecule has 0 amide bonds. The Bertz CT molecular complexity index is 13.5. The van der Waals surface area contributed by atoms with E-state index in [1.807, 2.05) is 0 Å². The quantitative estimate of drug-likeness (QED) is 0.317. The Labute approximate surface area is 50.2 Å². The van der Waals surface area contributed by atoms with Gasteiger partial charge in [0.15, 0.2) is 4.30 Å². The predicted octanol–water partition coefficient (Wildman–Crippen LogP) is 2.00. The van der Waals surface area contributed by atoms with Gasteiger partial charge in [-0.15, -0.1) is 0 Å². The van der Waals surface area contributed by atoms with Crippen LogP contribution in [0.2, 0.25) is 0 Å². The van der Waals surface area contributed by atoms with E-state index in [1.54, 1.807) is 0 Å². The minimum Gasteiger partial charge on any atom is -0.255 e. The summed E-state index contributed by atoms with van der Waals surface area (Å²) in [4.78, 5) is 0. The first-order chi connectivity index (χ1) is 2.73. The molecule has 40 valence electrons. The Morgan fingerprint density at radius 1 is 1.00 bits per heavy atom. The number of hydrogen-bond acceptors (Lipinski definition) is 2. The van der Waals surface area contributed by atoms with Gasteiger partial charge in [0.1, 0.15) is 0 Å². The van der Waals surface area contributed by atoms with Crippen molar-refractivity contribution in [3.05, 3.63) is 0 Å². The molecule has 0 fully saturated rings. The van der Waals surface area contributed by atoms with Crippen LogP contribution in [-0.4, -0.2) is 14.8 Å². The van der Waals surface area contributed by atoms with Crippen LogP contribution in [0.1, 0.15) is 0 Å². The number of halogens is 3. The van der Waals surface area contributed by atoms with Crippen molar-refractivity contribution in [3.63, 3.8) is 0 Å². The Morgan fingerprint density at radius 3 is 1.00 bits per heavy atom. The standard InChI is InChI=1S/CHCl3.H2O2/c2-1(3)4;1-2/h1H;1-2H. The molecule has 0 heterocycles. The van der Waals surface area contributed by atoms with Crippen LogP contribution >= 0.6 is 34.8 Å². The van der Waals surface area contributed by atoms with E-state index < -0.39 is 4.30 Å². The largest absolute Gasteiger partial charge is 0.255 e. The van der Waals surface area contributed by atoms with Gasteiger partial charge >= 0.3 is 0 Å². The molecular formula is CH3Cl3O2. The molecule has 0 aromatic heterocycles.